The third kappa shape index (κ3) is 3.03. The third-order valence-corrected chi connectivity index (χ3v) is 3.88. The number of piperidine rings is 1. The van der Waals surface area contributed by atoms with Gasteiger partial charge in [0.05, 0.1) is 10.2 Å². The molecule has 0 saturated carbocycles. The molecule has 2 atom stereocenters. The van der Waals surface area contributed by atoms with Crippen LogP contribution in [0.4, 0.5) is 5.69 Å². The predicted molar refractivity (Wildman–Crippen MR) is 74.6 cm³/mol. The molecule has 1 fully saturated rings. The molecule has 98 valence electrons. The van der Waals surface area contributed by atoms with E-state index in [1.807, 2.05) is 0 Å². The summed E-state index contributed by atoms with van der Waals surface area (Å²) in [4.78, 5) is 12.1. The standard InChI is InChI=1S/C13H17BrN2O2/c1-8-7-9(5-6-15-8)13(18)16-11-4-2-3-10(14)12(11)17/h2-4,8-9,15,17H,5-7H2,1H3,(H,16,18). The van der Waals surface area contributed by atoms with Crippen molar-refractivity contribution in [2.45, 2.75) is 25.8 Å². The van der Waals surface area contributed by atoms with E-state index in [-0.39, 0.29) is 17.6 Å². The number of hydrogen-bond acceptors (Lipinski definition) is 3. The van der Waals surface area contributed by atoms with Crippen LogP contribution >= 0.6 is 15.9 Å². The lowest BCUT2D eigenvalue weighted by Crippen LogP contribution is -2.40. The Labute approximate surface area is 115 Å². The van der Waals surface area contributed by atoms with Crippen LogP contribution < -0.4 is 10.6 Å². The van der Waals surface area contributed by atoms with E-state index in [2.05, 4.69) is 33.5 Å². The van der Waals surface area contributed by atoms with Gasteiger partial charge in [0.15, 0.2) is 5.75 Å². The summed E-state index contributed by atoms with van der Waals surface area (Å²) < 4.78 is 0.582. The number of carbonyl (C=O) groups excluding carboxylic acids is 1. The Morgan fingerprint density at radius 1 is 1.56 bits per heavy atom. The largest absolute Gasteiger partial charge is 0.505 e. The molecule has 1 amide bonds. The van der Waals surface area contributed by atoms with Crippen LogP contribution in [-0.2, 0) is 4.79 Å². The minimum Gasteiger partial charge on any atom is -0.505 e. The molecule has 0 spiro atoms. The number of carbonyl (C=O) groups is 1. The van der Waals surface area contributed by atoms with E-state index in [9.17, 15) is 9.90 Å². The molecule has 2 unspecified atom stereocenters. The summed E-state index contributed by atoms with van der Waals surface area (Å²) >= 11 is 3.23. The fourth-order valence-electron chi connectivity index (χ4n) is 2.22. The quantitative estimate of drug-likeness (QED) is 0.735. The van der Waals surface area contributed by atoms with Crippen molar-refractivity contribution >= 4 is 27.5 Å². The van der Waals surface area contributed by atoms with E-state index in [0.29, 0.717) is 16.2 Å². The van der Waals surface area contributed by atoms with Crippen LogP contribution in [0.1, 0.15) is 19.8 Å². The smallest absolute Gasteiger partial charge is 0.227 e. The summed E-state index contributed by atoms with van der Waals surface area (Å²) in [5.41, 5.74) is 0.459. The lowest BCUT2D eigenvalue weighted by molar-refractivity contribution is -0.120. The topological polar surface area (TPSA) is 61.4 Å². The number of phenols is 1. The Morgan fingerprint density at radius 2 is 2.33 bits per heavy atom. The fourth-order valence-corrected chi connectivity index (χ4v) is 2.59. The number of aromatic hydroxyl groups is 1. The van der Waals surface area contributed by atoms with E-state index in [4.69, 9.17) is 0 Å². The molecule has 2 rings (SSSR count). The lowest BCUT2D eigenvalue weighted by atomic mass is 9.92. The first-order valence-corrected chi connectivity index (χ1v) is 6.89. The molecule has 1 aliphatic rings. The van der Waals surface area contributed by atoms with Crippen molar-refractivity contribution in [3.63, 3.8) is 0 Å². The number of hydrogen-bond donors (Lipinski definition) is 3. The summed E-state index contributed by atoms with van der Waals surface area (Å²) in [6.45, 7) is 2.94. The van der Waals surface area contributed by atoms with Gasteiger partial charge in [-0.3, -0.25) is 4.79 Å². The summed E-state index contributed by atoms with van der Waals surface area (Å²) in [6, 6.07) is 5.58. The number of anilines is 1. The van der Waals surface area contributed by atoms with Gasteiger partial charge in [0.2, 0.25) is 5.91 Å². The molecule has 18 heavy (non-hydrogen) atoms. The van der Waals surface area contributed by atoms with E-state index in [1.165, 1.54) is 0 Å². The first-order valence-electron chi connectivity index (χ1n) is 6.09. The average Bonchev–Trinajstić information content (AvgIpc) is 2.35. The van der Waals surface area contributed by atoms with Gasteiger partial charge in [-0.05, 0) is 54.4 Å². The third-order valence-electron chi connectivity index (χ3n) is 3.24. The number of para-hydroxylation sites is 1. The summed E-state index contributed by atoms with van der Waals surface area (Å²) in [7, 11) is 0. The zero-order chi connectivity index (χ0) is 13.1. The van der Waals surface area contributed by atoms with Crippen LogP contribution in [0.15, 0.2) is 22.7 Å². The van der Waals surface area contributed by atoms with Crippen molar-refractivity contribution in [2.24, 2.45) is 5.92 Å². The van der Waals surface area contributed by atoms with Gasteiger partial charge in [0.25, 0.3) is 0 Å². The highest BCUT2D eigenvalue weighted by Crippen LogP contribution is 2.32. The second-order valence-corrected chi connectivity index (χ2v) is 5.56. The highest BCUT2D eigenvalue weighted by molar-refractivity contribution is 9.10. The SMILES string of the molecule is CC1CC(C(=O)Nc2cccc(Br)c2O)CCN1. The second-order valence-electron chi connectivity index (χ2n) is 4.70. The molecule has 0 aliphatic carbocycles. The van der Waals surface area contributed by atoms with Crippen molar-refractivity contribution in [1.29, 1.82) is 0 Å². The number of amides is 1. The van der Waals surface area contributed by atoms with Crippen LogP contribution in [-0.4, -0.2) is 23.6 Å². The molecule has 1 heterocycles. The van der Waals surface area contributed by atoms with Crippen LogP contribution in [0.25, 0.3) is 0 Å². The van der Waals surface area contributed by atoms with Crippen molar-refractivity contribution in [1.82, 2.24) is 5.32 Å². The van der Waals surface area contributed by atoms with Gasteiger partial charge in [-0.2, -0.15) is 0 Å². The van der Waals surface area contributed by atoms with Gasteiger partial charge in [-0.1, -0.05) is 6.07 Å². The van der Waals surface area contributed by atoms with Crippen LogP contribution in [0, 0.1) is 5.92 Å². The van der Waals surface area contributed by atoms with Crippen molar-refractivity contribution in [2.75, 3.05) is 11.9 Å². The van der Waals surface area contributed by atoms with E-state index in [1.54, 1.807) is 18.2 Å². The zero-order valence-corrected chi connectivity index (χ0v) is 11.8. The van der Waals surface area contributed by atoms with Gasteiger partial charge in [0, 0.05) is 12.0 Å². The molecular formula is C13H17BrN2O2. The van der Waals surface area contributed by atoms with Gasteiger partial charge < -0.3 is 15.7 Å². The van der Waals surface area contributed by atoms with E-state index < -0.39 is 0 Å². The number of nitrogens with one attached hydrogen (secondary N) is 2. The molecule has 1 aliphatic heterocycles. The predicted octanol–water partition coefficient (Wildman–Crippen LogP) is 2.48. The first-order chi connectivity index (χ1) is 8.58. The minimum atomic E-state index is -0.0169. The molecule has 3 N–H and O–H groups in total. The molecule has 1 aromatic carbocycles. The Balaban J connectivity index is 2.04. The van der Waals surface area contributed by atoms with Gasteiger partial charge in [-0.15, -0.1) is 0 Å². The average molecular weight is 313 g/mol. The molecule has 1 saturated heterocycles. The Kier molecular flexibility index (Phi) is 4.24. The molecule has 0 radical (unpaired) electrons. The zero-order valence-electron chi connectivity index (χ0n) is 10.2. The maximum Gasteiger partial charge on any atom is 0.227 e. The van der Waals surface area contributed by atoms with E-state index >= 15 is 0 Å². The number of rotatable bonds is 2. The lowest BCUT2D eigenvalue weighted by Gasteiger charge is -2.27. The summed E-state index contributed by atoms with van der Waals surface area (Å²) in [6.07, 6.45) is 1.67. The molecule has 4 nitrogen and oxygen atoms in total. The molecule has 5 heteroatoms. The van der Waals surface area contributed by atoms with Crippen LogP contribution in [0.3, 0.4) is 0 Å². The van der Waals surface area contributed by atoms with Crippen molar-refractivity contribution < 1.29 is 9.90 Å². The number of benzene rings is 1. The highest BCUT2D eigenvalue weighted by atomic mass is 79.9. The van der Waals surface area contributed by atoms with Crippen LogP contribution in [0.5, 0.6) is 5.75 Å². The van der Waals surface area contributed by atoms with Crippen molar-refractivity contribution in [3.05, 3.63) is 22.7 Å². The number of halogens is 1. The monoisotopic (exact) mass is 312 g/mol. The summed E-state index contributed by atoms with van der Waals surface area (Å²) in [5.74, 6) is 0.0733. The summed E-state index contributed by atoms with van der Waals surface area (Å²) in [5, 5.41) is 15.9. The minimum absolute atomic E-state index is 0.0135. The fraction of sp³-hybridized carbons (Fsp3) is 0.462. The maximum absolute atomic E-state index is 12.1. The first kappa shape index (κ1) is 13.4. The van der Waals surface area contributed by atoms with Gasteiger partial charge in [-0.25, -0.2) is 0 Å². The van der Waals surface area contributed by atoms with Gasteiger partial charge >= 0.3 is 0 Å². The molecular weight excluding hydrogens is 296 g/mol. The maximum atomic E-state index is 12.1. The van der Waals surface area contributed by atoms with E-state index in [0.717, 1.165) is 19.4 Å². The highest BCUT2D eigenvalue weighted by Gasteiger charge is 2.25. The molecule has 0 bridgehead atoms. The normalized spacial score (nSPS) is 23.7. The van der Waals surface area contributed by atoms with Crippen LogP contribution in [0.2, 0.25) is 0 Å². The molecule has 1 aromatic rings. The number of phenolic OH excluding ortho intramolecular Hbond substituents is 1. The van der Waals surface area contributed by atoms with Crippen molar-refractivity contribution in [3.8, 4) is 5.75 Å². The van der Waals surface area contributed by atoms with Gasteiger partial charge in [0.1, 0.15) is 0 Å². The Hall–Kier alpha value is -1.07. The molecule has 0 aromatic heterocycles. The Morgan fingerprint density at radius 3 is 3.06 bits per heavy atom. The second kappa shape index (κ2) is 5.71. The Bertz CT molecular complexity index is 451.